The number of hydrogen-bond donors (Lipinski definition) is 1. The van der Waals surface area contributed by atoms with Gasteiger partial charge in [-0.15, -0.1) is 0 Å². The number of ether oxygens (including phenoxy) is 2. The molecular weight excluding hydrogens is 262 g/mol. The van der Waals surface area contributed by atoms with Gasteiger partial charge in [0.15, 0.2) is 0 Å². The Labute approximate surface area is 130 Å². The molecule has 0 heterocycles. The second-order valence-corrected chi connectivity index (χ2v) is 5.84. The Morgan fingerprint density at radius 3 is 2.71 bits per heavy atom. The van der Waals surface area contributed by atoms with Crippen LogP contribution in [0.25, 0.3) is 0 Å². The monoisotopic (exact) mass is 293 g/mol. The summed E-state index contributed by atoms with van der Waals surface area (Å²) in [6.45, 7) is 10.7. The first-order valence-corrected chi connectivity index (χ1v) is 8.22. The molecule has 0 atom stereocenters. The van der Waals surface area contributed by atoms with Gasteiger partial charge < -0.3 is 14.8 Å². The Hall–Kier alpha value is -1.06. The number of hydrogen-bond acceptors (Lipinski definition) is 3. The van der Waals surface area contributed by atoms with Gasteiger partial charge in [-0.05, 0) is 36.6 Å². The zero-order valence-electron chi connectivity index (χ0n) is 13.9. The first kappa shape index (κ1) is 18.0. The molecule has 0 radical (unpaired) electrons. The molecule has 0 aliphatic rings. The maximum absolute atomic E-state index is 5.73. The highest BCUT2D eigenvalue weighted by Gasteiger charge is 1.99. The van der Waals surface area contributed by atoms with Crippen LogP contribution >= 0.6 is 0 Å². The van der Waals surface area contributed by atoms with Gasteiger partial charge in [0.2, 0.25) is 0 Å². The standard InChI is InChI=1S/C18H31NO2/c1-4-5-6-10-20-11-12-21-18-9-7-8-17(13-18)15-19-14-16(2)3/h7-9,13,16,19H,4-6,10-12,14-15H2,1-3H3. The van der Waals surface area contributed by atoms with Crippen LogP contribution in [0.4, 0.5) is 0 Å². The van der Waals surface area contributed by atoms with E-state index in [0.717, 1.165) is 31.9 Å². The highest BCUT2D eigenvalue weighted by atomic mass is 16.5. The second kappa shape index (κ2) is 11.6. The maximum atomic E-state index is 5.73. The molecule has 0 amide bonds. The van der Waals surface area contributed by atoms with E-state index in [4.69, 9.17) is 9.47 Å². The highest BCUT2D eigenvalue weighted by molar-refractivity contribution is 5.28. The maximum Gasteiger partial charge on any atom is 0.119 e. The predicted molar refractivity (Wildman–Crippen MR) is 88.8 cm³/mol. The Bertz CT molecular complexity index is 366. The van der Waals surface area contributed by atoms with E-state index in [1.165, 1.54) is 18.4 Å². The van der Waals surface area contributed by atoms with Gasteiger partial charge in [-0.3, -0.25) is 0 Å². The van der Waals surface area contributed by atoms with Gasteiger partial charge in [-0.1, -0.05) is 45.7 Å². The summed E-state index contributed by atoms with van der Waals surface area (Å²) < 4.78 is 11.3. The Kier molecular flexibility index (Phi) is 9.92. The van der Waals surface area contributed by atoms with Crippen molar-refractivity contribution >= 4 is 0 Å². The number of benzene rings is 1. The van der Waals surface area contributed by atoms with Crippen molar-refractivity contribution in [1.82, 2.24) is 5.32 Å². The SMILES string of the molecule is CCCCCOCCOc1cccc(CNCC(C)C)c1. The first-order valence-electron chi connectivity index (χ1n) is 8.22. The minimum Gasteiger partial charge on any atom is -0.491 e. The van der Waals surface area contributed by atoms with E-state index in [1.54, 1.807) is 0 Å². The summed E-state index contributed by atoms with van der Waals surface area (Å²) in [4.78, 5) is 0. The lowest BCUT2D eigenvalue weighted by molar-refractivity contribution is 0.0973. The molecule has 3 heteroatoms. The highest BCUT2D eigenvalue weighted by Crippen LogP contribution is 2.13. The van der Waals surface area contributed by atoms with Crippen LogP contribution in [0, 0.1) is 5.92 Å². The van der Waals surface area contributed by atoms with Crippen molar-refractivity contribution in [3.05, 3.63) is 29.8 Å². The minimum absolute atomic E-state index is 0.620. The van der Waals surface area contributed by atoms with Gasteiger partial charge in [0.1, 0.15) is 12.4 Å². The average molecular weight is 293 g/mol. The topological polar surface area (TPSA) is 30.5 Å². The zero-order chi connectivity index (χ0) is 15.3. The molecule has 0 saturated heterocycles. The summed E-state index contributed by atoms with van der Waals surface area (Å²) in [6, 6.07) is 8.28. The van der Waals surface area contributed by atoms with E-state index in [9.17, 15) is 0 Å². The van der Waals surface area contributed by atoms with E-state index in [1.807, 2.05) is 12.1 Å². The molecule has 1 aromatic rings. The van der Waals surface area contributed by atoms with Gasteiger partial charge in [0.05, 0.1) is 6.61 Å². The lowest BCUT2D eigenvalue weighted by Gasteiger charge is -2.10. The van der Waals surface area contributed by atoms with Gasteiger partial charge in [0, 0.05) is 13.2 Å². The van der Waals surface area contributed by atoms with Crippen molar-refractivity contribution in [3.63, 3.8) is 0 Å². The molecule has 3 nitrogen and oxygen atoms in total. The molecule has 0 unspecified atom stereocenters. The molecule has 0 bridgehead atoms. The predicted octanol–water partition coefficient (Wildman–Crippen LogP) is 4.02. The van der Waals surface area contributed by atoms with Crippen molar-refractivity contribution in [1.29, 1.82) is 0 Å². The van der Waals surface area contributed by atoms with Crippen molar-refractivity contribution in [2.75, 3.05) is 26.4 Å². The van der Waals surface area contributed by atoms with Crippen LogP contribution in [0.5, 0.6) is 5.75 Å². The van der Waals surface area contributed by atoms with E-state index < -0.39 is 0 Å². The average Bonchev–Trinajstić information content (AvgIpc) is 2.46. The summed E-state index contributed by atoms with van der Waals surface area (Å²) in [7, 11) is 0. The molecule has 120 valence electrons. The van der Waals surface area contributed by atoms with Crippen LogP contribution in [-0.4, -0.2) is 26.4 Å². The molecule has 1 N–H and O–H groups in total. The fourth-order valence-electron chi connectivity index (χ4n) is 2.03. The van der Waals surface area contributed by atoms with Crippen LogP contribution in [0.15, 0.2) is 24.3 Å². The summed E-state index contributed by atoms with van der Waals surface area (Å²) in [5.41, 5.74) is 1.26. The van der Waals surface area contributed by atoms with Crippen molar-refractivity contribution in [2.45, 2.75) is 46.6 Å². The molecule has 1 aromatic carbocycles. The third kappa shape index (κ3) is 9.48. The fraction of sp³-hybridized carbons (Fsp3) is 0.667. The molecule has 21 heavy (non-hydrogen) atoms. The van der Waals surface area contributed by atoms with Crippen LogP contribution in [-0.2, 0) is 11.3 Å². The summed E-state index contributed by atoms with van der Waals surface area (Å²) in [6.07, 6.45) is 3.62. The van der Waals surface area contributed by atoms with E-state index in [2.05, 4.69) is 38.2 Å². The third-order valence-corrected chi connectivity index (χ3v) is 3.17. The van der Waals surface area contributed by atoms with Crippen LogP contribution in [0.1, 0.15) is 45.6 Å². The number of nitrogens with one attached hydrogen (secondary N) is 1. The molecular formula is C18H31NO2. The zero-order valence-corrected chi connectivity index (χ0v) is 13.9. The van der Waals surface area contributed by atoms with Crippen LogP contribution in [0.2, 0.25) is 0 Å². The molecule has 0 aliphatic heterocycles. The Balaban J connectivity index is 2.17. The van der Waals surface area contributed by atoms with E-state index >= 15 is 0 Å². The lowest BCUT2D eigenvalue weighted by atomic mass is 10.2. The fourth-order valence-corrected chi connectivity index (χ4v) is 2.03. The normalized spacial score (nSPS) is 11.0. The third-order valence-electron chi connectivity index (χ3n) is 3.17. The molecule has 0 spiro atoms. The van der Waals surface area contributed by atoms with Crippen molar-refractivity contribution in [3.8, 4) is 5.75 Å². The minimum atomic E-state index is 0.620. The summed E-state index contributed by atoms with van der Waals surface area (Å²) in [5, 5.41) is 3.44. The molecule has 0 aliphatic carbocycles. The lowest BCUT2D eigenvalue weighted by Crippen LogP contribution is -2.18. The number of unbranched alkanes of at least 4 members (excludes halogenated alkanes) is 2. The molecule has 1 rings (SSSR count). The largest absolute Gasteiger partial charge is 0.491 e. The Morgan fingerprint density at radius 1 is 1.10 bits per heavy atom. The van der Waals surface area contributed by atoms with E-state index in [0.29, 0.717) is 19.1 Å². The second-order valence-electron chi connectivity index (χ2n) is 5.84. The van der Waals surface area contributed by atoms with E-state index in [-0.39, 0.29) is 0 Å². The van der Waals surface area contributed by atoms with Gasteiger partial charge in [-0.2, -0.15) is 0 Å². The van der Waals surface area contributed by atoms with Gasteiger partial charge in [0.25, 0.3) is 0 Å². The quantitative estimate of drug-likeness (QED) is 0.590. The summed E-state index contributed by atoms with van der Waals surface area (Å²) >= 11 is 0. The van der Waals surface area contributed by atoms with Crippen molar-refractivity contribution < 1.29 is 9.47 Å². The molecule has 0 fully saturated rings. The van der Waals surface area contributed by atoms with Crippen LogP contribution < -0.4 is 10.1 Å². The first-order chi connectivity index (χ1) is 10.2. The van der Waals surface area contributed by atoms with Gasteiger partial charge in [-0.25, -0.2) is 0 Å². The van der Waals surface area contributed by atoms with Crippen molar-refractivity contribution in [2.24, 2.45) is 5.92 Å². The molecule has 0 aromatic heterocycles. The molecule has 0 saturated carbocycles. The van der Waals surface area contributed by atoms with Gasteiger partial charge >= 0.3 is 0 Å². The smallest absolute Gasteiger partial charge is 0.119 e. The summed E-state index contributed by atoms with van der Waals surface area (Å²) in [5.74, 6) is 1.60. The van der Waals surface area contributed by atoms with Crippen LogP contribution in [0.3, 0.4) is 0 Å². The number of rotatable bonds is 12. The Morgan fingerprint density at radius 2 is 1.95 bits per heavy atom.